The Balaban J connectivity index is 2.15. The number of terminal acetylenes is 1. The standard InChI is InChI=1S/C20H26N2O5/c1-3-5-12-17-16(9-4-2)18(22(25)26)13-21(19(17)23)20(24)27-14-15-10-7-6-8-11-15/h1,6-8,10-11,16-19,23H,4-5,9,12-14H2,2H3/t16-,17-,18-,19+/m0/s1. The number of nitrogens with zero attached hydrogens (tertiary/aromatic N) is 2. The number of hydrogen-bond acceptors (Lipinski definition) is 5. The third-order valence-electron chi connectivity index (χ3n) is 5.08. The number of carbonyl (C=O) groups excluding carboxylic acids is 1. The maximum atomic E-state index is 12.5. The molecule has 0 aromatic heterocycles. The molecule has 1 aromatic carbocycles. The summed E-state index contributed by atoms with van der Waals surface area (Å²) in [6, 6.07) is 8.19. The minimum atomic E-state index is -1.14. The van der Waals surface area contributed by atoms with E-state index >= 15 is 0 Å². The first-order valence-electron chi connectivity index (χ1n) is 9.21. The quantitative estimate of drug-likeness (QED) is 0.450. The van der Waals surface area contributed by atoms with Crippen LogP contribution in [0, 0.1) is 34.3 Å². The predicted octanol–water partition coefficient (Wildman–Crippen LogP) is 3.05. The number of benzene rings is 1. The van der Waals surface area contributed by atoms with Crippen molar-refractivity contribution in [3.63, 3.8) is 0 Å². The lowest BCUT2D eigenvalue weighted by Gasteiger charge is -2.43. The molecule has 1 aliphatic heterocycles. The van der Waals surface area contributed by atoms with Crippen LogP contribution in [0.4, 0.5) is 4.79 Å². The van der Waals surface area contributed by atoms with Crippen molar-refractivity contribution in [1.29, 1.82) is 0 Å². The molecule has 1 saturated heterocycles. The number of likely N-dealkylation sites (tertiary alicyclic amines) is 1. The maximum absolute atomic E-state index is 12.5. The zero-order chi connectivity index (χ0) is 19.8. The second kappa shape index (κ2) is 9.93. The number of piperidine rings is 1. The van der Waals surface area contributed by atoms with Crippen LogP contribution < -0.4 is 0 Å². The molecule has 7 heteroatoms. The summed E-state index contributed by atoms with van der Waals surface area (Å²) in [4.78, 5) is 24.9. The molecule has 1 aromatic rings. The molecule has 146 valence electrons. The van der Waals surface area contributed by atoms with Gasteiger partial charge in [-0.2, -0.15) is 0 Å². The van der Waals surface area contributed by atoms with Gasteiger partial charge in [0.05, 0.1) is 6.54 Å². The normalized spacial score (nSPS) is 24.9. The van der Waals surface area contributed by atoms with Gasteiger partial charge in [-0.25, -0.2) is 4.79 Å². The van der Waals surface area contributed by atoms with Crippen LogP contribution in [0.25, 0.3) is 0 Å². The first kappa shape index (κ1) is 20.7. The van der Waals surface area contributed by atoms with Crippen molar-refractivity contribution in [1.82, 2.24) is 4.90 Å². The van der Waals surface area contributed by atoms with Gasteiger partial charge in [-0.1, -0.05) is 43.7 Å². The van der Waals surface area contributed by atoms with E-state index in [2.05, 4.69) is 5.92 Å². The van der Waals surface area contributed by atoms with Crippen LogP contribution in [0.15, 0.2) is 30.3 Å². The van der Waals surface area contributed by atoms with Gasteiger partial charge in [0.15, 0.2) is 0 Å². The first-order chi connectivity index (χ1) is 13.0. The number of carbonyl (C=O) groups is 1. The number of aliphatic hydroxyl groups is 1. The Bertz CT molecular complexity index is 673. The van der Waals surface area contributed by atoms with Crippen LogP contribution in [0.5, 0.6) is 0 Å². The smallest absolute Gasteiger partial charge is 0.412 e. The van der Waals surface area contributed by atoms with E-state index in [1.807, 2.05) is 37.3 Å². The molecular formula is C20H26N2O5. The summed E-state index contributed by atoms with van der Waals surface area (Å²) in [6.45, 7) is 1.82. The van der Waals surface area contributed by atoms with Gasteiger partial charge in [0, 0.05) is 23.2 Å². The van der Waals surface area contributed by atoms with Gasteiger partial charge < -0.3 is 9.84 Å². The fourth-order valence-electron chi connectivity index (χ4n) is 3.74. The first-order valence-corrected chi connectivity index (χ1v) is 9.21. The molecule has 7 nitrogen and oxygen atoms in total. The number of amides is 1. The zero-order valence-corrected chi connectivity index (χ0v) is 15.5. The number of nitro groups is 1. The number of ether oxygens (including phenoxy) is 1. The highest BCUT2D eigenvalue weighted by Crippen LogP contribution is 2.36. The summed E-state index contributed by atoms with van der Waals surface area (Å²) in [5.41, 5.74) is 0.802. The molecule has 27 heavy (non-hydrogen) atoms. The topological polar surface area (TPSA) is 92.9 Å². The van der Waals surface area contributed by atoms with Crippen molar-refractivity contribution in [3.05, 3.63) is 46.0 Å². The summed E-state index contributed by atoms with van der Waals surface area (Å²) < 4.78 is 5.28. The van der Waals surface area contributed by atoms with E-state index < -0.39 is 24.3 Å². The molecule has 1 heterocycles. The molecule has 1 N–H and O–H groups in total. The Kier molecular flexibility index (Phi) is 7.62. The fourth-order valence-corrected chi connectivity index (χ4v) is 3.74. The van der Waals surface area contributed by atoms with Gasteiger partial charge in [-0.15, -0.1) is 12.3 Å². The van der Waals surface area contributed by atoms with Crippen LogP contribution in [0.1, 0.15) is 38.2 Å². The van der Waals surface area contributed by atoms with E-state index in [1.165, 1.54) is 0 Å². The lowest BCUT2D eigenvalue weighted by Crippen LogP contribution is -2.59. The van der Waals surface area contributed by atoms with Crippen molar-refractivity contribution in [2.75, 3.05) is 6.54 Å². The molecular weight excluding hydrogens is 348 g/mol. The summed E-state index contributed by atoms with van der Waals surface area (Å²) in [6.07, 6.45) is 5.62. The third-order valence-corrected chi connectivity index (χ3v) is 5.08. The van der Waals surface area contributed by atoms with E-state index in [9.17, 15) is 20.0 Å². The molecule has 0 bridgehead atoms. The molecule has 0 radical (unpaired) electrons. The highest BCUT2D eigenvalue weighted by Gasteiger charge is 2.49. The van der Waals surface area contributed by atoms with Crippen LogP contribution >= 0.6 is 0 Å². The Morgan fingerprint density at radius 1 is 1.37 bits per heavy atom. The number of hydrogen-bond donors (Lipinski definition) is 1. The predicted molar refractivity (Wildman–Crippen MR) is 100 cm³/mol. The van der Waals surface area contributed by atoms with Gasteiger partial charge in [0.2, 0.25) is 6.04 Å². The minimum absolute atomic E-state index is 0.0411. The van der Waals surface area contributed by atoms with Crippen molar-refractivity contribution < 1.29 is 19.6 Å². The summed E-state index contributed by atoms with van der Waals surface area (Å²) >= 11 is 0. The molecule has 4 atom stereocenters. The molecule has 1 amide bonds. The Morgan fingerprint density at radius 3 is 2.67 bits per heavy atom. The SMILES string of the molecule is C#CCC[C@H]1[C@H](CCC)[C@@H]([N+](=O)[O-])CN(C(=O)OCc2ccccc2)[C@@H]1O. The van der Waals surface area contributed by atoms with E-state index in [0.717, 1.165) is 16.9 Å². The van der Waals surface area contributed by atoms with Gasteiger partial charge in [-0.05, 0) is 18.4 Å². The van der Waals surface area contributed by atoms with E-state index in [1.54, 1.807) is 0 Å². The summed E-state index contributed by atoms with van der Waals surface area (Å²) in [5, 5.41) is 22.4. The summed E-state index contributed by atoms with van der Waals surface area (Å²) in [5.74, 6) is 1.74. The van der Waals surface area contributed by atoms with E-state index in [4.69, 9.17) is 11.2 Å². The molecule has 1 aliphatic rings. The maximum Gasteiger partial charge on any atom is 0.412 e. The lowest BCUT2D eigenvalue weighted by atomic mass is 9.76. The second-order valence-corrected chi connectivity index (χ2v) is 6.82. The molecule has 2 rings (SSSR count). The lowest BCUT2D eigenvalue weighted by molar-refractivity contribution is -0.541. The fraction of sp³-hybridized carbons (Fsp3) is 0.550. The van der Waals surface area contributed by atoms with Crippen molar-refractivity contribution in [2.24, 2.45) is 11.8 Å². The van der Waals surface area contributed by atoms with Crippen LogP contribution in [0.3, 0.4) is 0 Å². The van der Waals surface area contributed by atoms with Crippen LogP contribution in [-0.2, 0) is 11.3 Å². The van der Waals surface area contributed by atoms with Crippen LogP contribution in [-0.4, -0.2) is 39.8 Å². The summed E-state index contributed by atoms with van der Waals surface area (Å²) in [7, 11) is 0. The Labute approximate surface area is 159 Å². The minimum Gasteiger partial charge on any atom is -0.444 e. The molecule has 0 unspecified atom stereocenters. The van der Waals surface area contributed by atoms with Gasteiger partial charge >= 0.3 is 6.09 Å². The Morgan fingerprint density at radius 2 is 2.07 bits per heavy atom. The van der Waals surface area contributed by atoms with Crippen molar-refractivity contribution in [2.45, 2.75) is 51.5 Å². The van der Waals surface area contributed by atoms with Crippen molar-refractivity contribution in [3.8, 4) is 12.3 Å². The Hall–Kier alpha value is -2.59. The molecule has 0 aliphatic carbocycles. The van der Waals surface area contributed by atoms with Gasteiger partial charge in [-0.3, -0.25) is 15.0 Å². The number of aliphatic hydroxyl groups excluding tert-OH is 1. The average Bonchev–Trinajstić information content (AvgIpc) is 2.66. The third kappa shape index (κ3) is 5.20. The highest BCUT2D eigenvalue weighted by atomic mass is 16.6. The average molecular weight is 374 g/mol. The number of rotatable bonds is 7. The highest BCUT2D eigenvalue weighted by molar-refractivity contribution is 5.68. The van der Waals surface area contributed by atoms with E-state index in [0.29, 0.717) is 19.3 Å². The molecule has 0 spiro atoms. The zero-order valence-electron chi connectivity index (χ0n) is 15.5. The second-order valence-electron chi connectivity index (χ2n) is 6.82. The molecule has 1 fully saturated rings. The molecule has 0 saturated carbocycles. The largest absolute Gasteiger partial charge is 0.444 e. The van der Waals surface area contributed by atoms with Crippen LogP contribution in [0.2, 0.25) is 0 Å². The monoisotopic (exact) mass is 374 g/mol. The van der Waals surface area contributed by atoms with Gasteiger partial charge in [0.25, 0.3) is 0 Å². The van der Waals surface area contributed by atoms with Crippen molar-refractivity contribution >= 4 is 6.09 Å². The van der Waals surface area contributed by atoms with E-state index in [-0.39, 0.29) is 24.0 Å². The van der Waals surface area contributed by atoms with Gasteiger partial charge in [0.1, 0.15) is 12.8 Å².